The highest BCUT2D eigenvalue weighted by atomic mass is 14.8. The first-order valence-electron chi connectivity index (χ1n) is 10.6. The van der Waals surface area contributed by atoms with Crippen LogP contribution in [0.1, 0.15) is 63.6 Å². The zero-order valence-corrected chi connectivity index (χ0v) is 18.5. The first-order valence-corrected chi connectivity index (χ1v) is 10.6. The molecule has 156 valence electrons. The average molecular weight is 392 g/mol. The van der Waals surface area contributed by atoms with Gasteiger partial charge in [-0.1, -0.05) is 70.2 Å². The molecule has 2 N–H and O–H groups in total. The maximum absolute atomic E-state index is 6.13. The summed E-state index contributed by atoms with van der Waals surface area (Å²) in [5.41, 5.74) is 11.4. The molecule has 0 saturated heterocycles. The maximum atomic E-state index is 6.13. The molecule has 3 nitrogen and oxygen atoms in total. The Kier molecular flexibility index (Phi) is 12.0. The summed E-state index contributed by atoms with van der Waals surface area (Å²) >= 11 is 0. The zero-order valence-electron chi connectivity index (χ0n) is 18.5. The highest BCUT2D eigenvalue weighted by molar-refractivity contribution is 5.98. The minimum Gasteiger partial charge on any atom is -0.383 e. The van der Waals surface area contributed by atoms with Crippen molar-refractivity contribution < 1.29 is 0 Å². The normalized spacial score (nSPS) is 12.8. The lowest BCUT2D eigenvalue weighted by Crippen LogP contribution is -2.00. The van der Waals surface area contributed by atoms with Gasteiger partial charge in [-0.2, -0.15) is 0 Å². The number of aryl methyl sites for hydroxylation is 1. The summed E-state index contributed by atoms with van der Waals surface area (Å²) in [5, 5.41) is 0. The topological polar surface area (TPSA) is 51.3 Å². The summed E-state index contributed by atoms with van der Waals surface area (Å²) in [7, 11) is 1.82. The molecule has 0 atom stereocenters. The minimum absolute atomic E-state index is 0.638. The van der Waals surface area contributed by atoms with Gasteiger partial charge in [0.15, 0.2) is 0 Å². The number of nitrogen functional groups attached to an aromatic ring is 1. The van der Waals surface area contributed by atoms with E-state index in [-0.39, 0.29) is 0 Å². The second-order valence-electron chi connectivity index (χ2n) is 7.04. The fraction of sp³-hybridized carbons (Fsp3) is 0.385. The summed E-state index contributed by atoms with van der Waals surface area (Å²) in [6.07, 6.45) is 19.4. The number of aliphatic imine (C=N–C) groups is 1. The number of pyridine rings is 1. The Hall–Kier alpha value is -2.68. The van der Waals surface area contributed by atoms with Crippen molar-refractivity contribution in [1.29, 1.82) is 0 Å². The molecular formula is C26H37N3. The maximum Gasteiger partial charge on any atom is 0.127 e. The molecule has 1 heterocycles. The number of hydrogen-bond donors (Lipinski definition) is 1. The Bertz CT molecular complexity index is 779. The molecule has 0 aliphatic heterocycles. The molecule has 1 rings (SSSR count). The summed E-state index contributed by atoms with van der Waals surface area (Å²) in [4.78, 5) is 8.91. The fourth-order valence-corrected chi connectivity index (χ4v) is 2.90. The van der Waals surface area contributed by atoms with Gasteiger partial charge in [-0.05, 0) is 67.0 Å². The van der Waals surface area contributed by atoms with Gasteiger partial charge in [0, 0.05) is 12.8 Å². The Morgan fingerprint density at radius 1 is 1.21 bits per heavy atom. The highest BCUT2D eigenvalue weighted by Gasteiger charge is 2.02. The summed E-state index contributed by atoms with van der Waals surface area (Å²) < 4.78 is 0. The van der Waals surface area contributed by atoms with Crippen molar-refractivity contribution in [3.05, 3.63) is 78.1 Å². The third-order valence-electron chi connectivity index (χ3n) is 4.81. The molecule has 0 saturated carbocycles. The second kappa shape index (κ2) is 14.3. The molecule has 1 aromatic heterocycles. The van der Waals surface area contributed by atoms with Crippen LogP contribution in [0.5, 0.6) is 0 Å². The highest BCUT2D eigenvalue weighted by Crippen LogP contribution is 2.16. The van der Waals surface area contributed by atoms with Crippen LogP contribution in [0, 0.1) is 0 Å². The number of rotatable bonds is 13. The van der Waals surface area contributed by atoms with Crippen LogP contribution < -0.4 is 5.73 Å². The molecule has 0 aliphatic carbocycles. The lowest BCUT2D eigenvalue weighted by Gasteiger charge is -2.05. The van der Waals surface area contributed by atoms with Gasteiger partial charge < -0.3 is 5.73 Å². The first kappa shape index (κ1) is 24.4. The van der Waals surface area contributed by atoms with Crippen LogP contribution in [0.4, 0.5) is 5.82 Å². The van der Waals surface area contributed by atoms with Gasteiger partial charge >= 0.3 is 0 Å². The van der Waals surface area contributed by atoms with Gasteiger partial charge in [0.1, 0.15) is 5.82 Å². The molecule has 0 radical (unpaired) electrons. The fourth-order valence-electron chi connectivity index (χ4n) is 2.90. The van der Waals surface area contributed by atoms with Crippen LogP contribution in [0.2, 0.25) is 0 Å². The summed E-state index contributed by atoms with van der Waals surface area (Å²) in [6, 6.07) is 4.13. The molecule has 0 fully saturated rings. The first-order chi connectivity index (χ1) is 14.0. The standard InChI is InChI=1S/C26H37N3/c1-6-9-10-15-23-17-18-25(29-26(23)27)20-19-24(28-5)16-12-11-14-22(13-7-2)21(4)8-3/h7,11,13-14,17-20H,2,4,6,8-10,12,15-16H2,1,3,5H3,(H2,27,29)/b14-11-,20-19-,22-13+,28-24-. The van der Waals surface area contributed by atoms with Gasteiger partial charge in [0.2, 0.25) is 0 Å². The van der Waals surface area contributed by atoms with Gasteiger partial charge in [0.05, 0.1) is 5.69 Å². The smallest absolute Gasteiger partial charge is 0.127 e. The number of aromatic nitrogens is 1. The van der Waals surface area contributed by atoms with Gasteiger partial charge in [-0.25, -0.2) is 4.98 Å². The zero-order chi connectivity index (χ0) is 21.5. The third-order valence-corrected chi connectivity index (χ3v) is 4.81. The number of allylic oxidation sites excluding steroid dienone is 7. The van der Waals surface area contributed by atoms with E-state index >= 15 is 0 Å². The van der Waals surface area contributed by atoms with E-state index in [9.17, 15) is 0 Å². The van der Waals surface area contributed by atoms with Gasteiger partial charge in [0.25, 0.3) is 0 Å². The van der Waals surface area contributed by atoms with E-state index in [1.807, 2.05) is 31.3 Å². The molecule has 1 aromatic rings. The molecule has 0 unspecified atom stereocenters. The molecule has 0 amide bonds. The molecule has 0 aliphatic rings. The SMILES string of the molecule is C=C/C=C(\C=C/CCC(/C=C\c1ccc(CCCCC)c(N)n1)=N/C)C(=C)CC. The lowest BCUT2D eigenvalue weighted by atomic mass is 10.0. The predicted molar refractivity (Wildman–Crippen MR) is 130 cm³/mol. The lowest BCUT2D eigenvalue weighted by molar-refractivity contribution is 0.717. The Balaban J connectivity index is 2.65. The van der Waals surface area contributed by atoms with Crippen molar-refractivity contribution in [2.24, 2.45) is 4.99 Å². The van der Waals surface area contributed by atoms with Crippen molar-refractivity contribution in [3.63, 3.8) is 0 Å². The van der Waals surface area contributed by atoms with Crippen molar-refractivity contribution in [2.75, 3.05) is 12.8 Å². The van der Waals surface area contributed by atoms with Crippen LogP contribution >= 0.6 is 0 Å². The average Bonchev–Trinajstić information content (AvgIpc) is 2.73. The van der Waals surface area contributed by atoms with Crippen molar-refractivity contribution in [2.45, 2.75) is 58.8 Å². The quantitative estimate of drug-likeness (QED) is 0.226. The number of anilines is 1. The van der Waals surface area contributed by atoms with Crippen LogP contribution in [-0.2, 0) is 6.42 Å². The van der Waals surface area contributed by atoms with Crippen LogP contribution in [-0.4, -0.2) is 17.7 Å². The van der Waals surface area contributed by atoms with E-state index in [0.717, 1.165) is 60.2 Å². The molecule has 0 aromatic carbocycles. The van der Waals surface area contributed by atoms with E-state index in [1.165, 1.54) is 12.8 Å². The van der Waals surface area contributed by atoms with E-state index in [1.54, 1.807) is 6.08 Å². The molecule has 0 bridgehead atoms. The van der Waals surface area contributed by atoms with Crippen molar-refractivity contribution in [3.8, 4) is 0 Å². The molecule has 3 heteroatoms. The predicted octanol–water partition coefficient (Wildman–Crippen LogP) is 6.90. The second-order valence-corrected chi connectivity index (χ2v) is 7.04. The van der Waals surface area contributed by atoms with E-state index in [2.05, 4.69) is 55.2 Å². The molecule has 0 spiro atoms. The summed E-state index contributed by atoms with van der Waals surface area (Å²) in [5.74, 6) is 0.638. The monoisotopic (exact) mass is 391 g/mol. The third kappa shape index (κ3) is 9.38. The van der Waals surface area contributed by atoms with Gasteiger partial charge in [-0.15, -0.1) is 0 Å². The largest absolute Gasteiger partial charge is 0.383 e. The minimum atomic E-state index is 0.638. The molecule has 29 heavy (non-hydrogen) atoms. The Morgan fingerprint density at radius 2 is 2.00 bits per heavy atom. The van der Waals surface area contributed by atoms with Crippen molar-refractivity contribution >= 4 is 17.6 Å². The van der Waals surface area contributed by atoms with Crippen LogP contribution in [0.3, 0.4) is 0 Å². The van der Waals surface area contributed by atoms with E-state index < -0.39 is 0 Å². The van der Waals surface area contributed by atoms with E-state index in [0.29, 0.717) is 5.82 Å². The van der Waals surface area contributed by atoms with Crippen LogP contribution in [0.15, 0.2) is 71.8 Å². The number of unbranched alkanes of at least 4 members (excludes halogenated alkanes) is 2. The van der Waals surface area contributed by atoms with Crippen molar-refractivity contribution in [1.82, 2.24) is 4.98 Å². The number of nitrogens with zero attached hydrogens (tertiary/aromatic N) is 2. The summed E-state index contributed by atoms with van der Waals surface area (Å²) in [6.45, 7) is 12.2. The van der Waals surface area contributed by atoms with Crippen LogP contribution in [0.25, 0.3) is 6.08 Å². The number of nitrogens with two attached hydrogens (primary N) is 1. The Morgan fingerprint density at radius 3 is 2.62 bits per heavy atom. The Labute approximate surface area is 177 Å². The molecular weight excluding hydrogens is 354 g/mol. The van der Waals surface area contributed by atoms with Gasteiger partial charge in [-0.3, -0.25) is 4.99 Å². The van der Waals surface area contributed by atoms with E-state index in [4.69, 9.17) is 5.73 Å². The number of hydrogen-bond acceptors (Lipinski definition) is 3.